The molecule has 1 N–H and O–H groups in total. The van der Waals surface area contributed by atoms with E-state index in [2.05, 4.69) is 61.6 Å². The molecule has 0 spiro atoms. The van der Waals surface area contributed by atoms with Crippen molar-refractivity contribution in [3.63, 3.8) is 0 Å². The van der Waals surface area contributed by atoms with Crippen molar-refractivity contribution >= 4 is 33.0 Å². The van der Waals surface area contributed by atoms with Gasteiger partial charge in [-0.25, -0.2) is 0 Å². The fraction of sp³-hybridized carbons (Fsp3) is 0.222. The molecular weight excluding hydrogens is 298 g/mol. The fourth-order valence-electron chi connectivity index (χ4n) is 2.71. The maximum atomic E-state index is 6.23. The summed E-state index contributed by atoms with van der Waals surface area (Å²) in [6, 6.07) is 15.3. The number of thiophene rings is 1. The second kappa shape index (κ2) is 5.80. The van der Waals surface area contributed by atoms with Gasteiger partial charge in [0.1, 0.15) is 0 Å². The van der Waals surface area contributed by atoms with Crippen LogP contribution in [0.2, 0.25) is 5.02 Å². The monoisotopic (exact) mass is 315 g/mol. The van der Waals surface area contributed by atoms with E-state index < -0.39 is 0 Å². The van der Waals surface area contributed by atoms with Gasteiger partial charge in [0.15, 0.2) is 0 Å². The van der Waals surface area contributed by atoms with Crippen LogP contribution in [0.4, 0.5) is 0 Å². The summed E-state index contributed by atoms with van der Waals surface area (Å²) in [6.45, 7) is 4.18. The van der Waals surface area contributed by atoms with Crippen LogP contribution in [-0.4, -0.2) is 7.05 Å². The lowest BCUT2D eigenvalue weighted by molar-refractivity contribution is 0.699. The maximum absolute atomic E-state index is 6.23. The summed E-state index contributed by atoms with van der Waals surface area (Å²) in [6.07, 6.45) is 0. The molecule has 0 saturated heterocycles. The lowest BCUT2D eigenvalue weighted by Gasteiger charge is -2.19. The summed E-state index contributed by atoms with van der Waals surface area (Å²) in [7, 11) is 2.01. The third kappa shape index (κ3) is 2.71. The first-order valence-corrected chi connectivity index (χ1v) is 8.22. The second-order valence-electron chi connectivity index (χ2n) is 5.37. The molecule has 0 aliphatic carbocycles. The zero-order valence-electron chi connectivity index (χ0n) is 12.4. The first kappa shape index (κ1) is 14.6. The Morgan fingerprint density at radius 3 is 2.52 bits per heavy atom. The van der Waals surface area contributed by atoms with E-state index in [0.29, 0.717) is 0 Å². The highest BCUT2D eigenvalue weighted by Gasteiger charge is 2.18. The predicted molar refractivity (Wildman–Crippen MR) is 93.7 cm³/mol. The Balaban J connectivity index is 2.11. The van der Waals surface area contributed by atoms with Crippen LogP contribution in [-0.2, 0) is 0 Å². The van der Waals surface area contributed by atoms with Crippen LogP contribution in [0.3, 0.4) is 0 Å². The molecule has 0 radical (unpaired) electrons. The van der Waals surface area contributed by atoms with E-state index in [1.165, 1.54) is 26.1 Å². The lowest BCUT2D eigenvalue weighted by atomic mass is 9.97. The molecule has 0 amide bonds. The van der Waals surface area contributed by atoms with Gasteiger partial charge in [-0.05, 0) is 61.2 Å². The first-order chi connectivity index (χ1) is 10.1. The Hall–Kier alpha value is -1.35. The lowest BCUT2D eigenvalue weighted by Crippen LogP contribution is -2.17. The third-order valence-electron chi connectivity index (χ3n) is 3.88. The Labute approximate surface area is 134 Å². The van der Waals surface area contributed by atoms with Crippen molar-refractivity contribution in [3.05, 3.63) is 69.1 Å². The highest BCUT2D eigenvalue weighted by atomic mass is 35.5. The molecule has 1 aromatic heterocycles. The van der Waals surface area contributed by atoms with Crippen molar-refractivity contribution in [1.82, 2.24) is 5.32 Å². The summed E-state index contributed by atoms with van der Waals surface area (Å²) in [5, 5.41) is 5.59. The molecule has 21 heavy (non-hydrogen) atoms. The summed E-state index contributed by atoms with van der Waals surface area (Å²) in [5.74, 6) is 0. The average molecular weight is 316 g/mol. The molecule has 1 heterocycles. The highest BCUT2D eigenvalue weighted by molar-refractivity contribution is 7.19. The molecule has 1 nitrogen and oxygen atoms in total. The molecule has 108 valence electrons. The van der Waals surface area contributed by atoms with Crippen molar-refractivity contribution in [2.24, 2.45) is 0 Å². The number of aryl methyl sites for hydroxylation is 2. The summed E-state index contributed by atoms with van der Waals surface area (Å²) in [4.78, 5) is 1.34. The Morgan fingerprint density at radius 2 is 1.81 bits per heavy atom. The van der Waals surface area contributed by atoms with Crippen LogP contribution in [0.1, 0.15) is 27.6 Å². The van der Waals surface area contributed by atoms with E-state index >= 15 is 0 Å². The van der Waals surface area contributed by atoms with Crippen LogP contribution in [0.15, 0.2) is 42.5 Å². The van der Waals surface area contributed by atoms with Gasteiger partial charge in [-0.2, -0.15) is 0 Å². The van der Waals surface area contributed by atoms with E-state index in [9.17, 15) is 0 Å². The smallest absolute Gasteiger partial charge is 0.0671 e. The fourth-order valence-corrected chi connectivity index (χ4v) is 4.12. The molecular formula is C18H18ClNS. The molecule has 3 heteroatoms. The second-order valence-corrected chi connectivity index (χ2v) is 6.89. The van der Waals surface area contributed by atoms with Crippen molar-refractivity contribution in [2.75, 3.05) is 7.05 Å². The van der Waals surface area contributed by atoms with Gasteiger partial charge in [-0.15, -0.1) is 11.3 Å². The molecule has 3 aromatic rings. The zero-order chi connectivity index (χ0) is 15.0. The minimum atomic E-state index is 0.207. The van der Waals surface area contributed by atoms with Crippen LogP contribution in [0.25, 0.3) is 10.1 Å². The Morgan fingerprint density at radius 1 is 1.05 bits per heavy atom. The molecule has 0 bridgehead atoms. The molecule has 0 aliphatic heterocycles. The van der Waals surface area contributed by atoms with Gasteiger partial charge in [0.2, 0.25) is 0 Å². The van der Waals surface area contributed by atoms with Crippen LogP contribution in [0.5, 0.6) is 0 Å². The Kier molecular flexibility index (Phi) is 4.03. The van der Waals surface area contributed by atoms with Gasteiger partial charge in [0.05, 0.1) is 6.04 Å². The largest absolute Gasteiger partial charge is 0.309 e. The minimum Gasteiger partial charge on any atom is -0.309 e. The molecule has 3 rings (SSSR count). The highest BCUT2D eigenvalue weighted by Crippen LogP contribution is 2.35. The van der Waals surface area contributed by atoms with Gasteiger partial charge >= 0.3 is 0 Å². The summed E-state index contributed by atoms with van der Waals surface area (Å²) >= 11 is 8.07. The zero-order valence-corrected chi connectivity index (χ0v) is 14.0. The topological polar surface area (TPSA) is 12.0 Å². The molecule has 0 aliphatic rings. The van der Waals surface area contributed by atoms with E-state index in [0.717, 1.165) is 10.6 Å². The minimum absolute atomic E-state index is 0.207. The first-order valence-electron chi connectivity index (χ1n) is 7.02. The third-order valence-corrected chi connectivity index (χ3v) is 5.46. The van der Waals surface area contributed by atoms with Gasteiger partial charge < -0.3 is 5.32 Å². The molecule has 2 aromatic carbocycles. The summed E-state index contributed by atoms with van der Waals surface area (Å²) in [5.41, 5.74) is 3.65. The van der Waals surface area contributed by atoms with E-state index in [4.69, 9.17) is 11.6 Å². The van der Waals surface area contributed by atoms with Crippen LogP contribution in [0, 0.1) is 13.8 Å². The quantitative estimate of drug-likeness (QED) is 0.674. The van der Waals surface area contributed by atoms with Gasteiger partial charge in [-0.3, -0.25) is 0 Å². The van der Waals surface area contributed by atoms with E-state index in [1.807, 2.05) is 18.4 Å². The van der Waals surface area contributed by atoms with Gasteiger partial charge in [0.25, 0.3) is 0 Å². The maximum Gasteiger partial charge on any atom is 0.0671 e. The van der Waals surface area contributed by atoms with Crippen molar-refractivity contribution in [3.8, 4) is 0 Å². The molecule has 0 saturated carbocycles. The normalized spacial score (nSPS) is 12.8. The number of halogens is 1. The number of nitrogens with one attached hydrogen (secondary N) is 1. The van der Waals surface area contributed by atoms with E-state index in [1.54, 1.807) is 0 Å². The number of benzene rings is 2. The van der Waals surface area contributed by atoms with Gasteiger partial charge in [0, 0.05) is 14.6 Å². The molecule has 0 fully saturated rings. The molecule has 1 atom stereocenters. The Bertz CT molecular complexity index is 758. The average Bonchev–Trinajstić information content (AvgIpc) is 2.88. The predicted octanol–water partition coefficient (Wildman–Crippen LogP) is 5.48. The van der Waals surface area contributed by atoms with Crippen LogP contribution < -0.4 is 5.32 Å². The number of fused-ring (bicyclic) bond motifs is 1. The number of hydrogen-bond acceptors (Lipinski definition) is 2. The van der Waals surface area contributed by atoms with E-state index in [-0.39, 0.29) is 6.04 Å². The molecule has 1 unspecified atom stereocenters. The number of hydrogen-bond donors (Lipinski definition) is 1. The SMILES string of the molecule is CNC(c1cc2ccccc2s1)c1cc(C)c(Cl)cc1C. The van der Waals surface area contributed by atoms with Gasteiger partial charge in [-0.1, -0.05) is 35.9 Å². The van der Waals surface area contributed by atoms with Crippen molar-refractivity contribution < 1.29 is 0 Å². The van der Waals surface area contributed by atoms with Crippen molar-refractivity contribution in [2.45, 2.75) is 19.9 Å². The standard InChI is InChI=1S/C18H18ClNS/c1-11-9-15(19)12(2)8-14(11)18(20-3)17-10-13-6-4-5-7-16(13)21-17/h4-10,18,20H,1-3H3. The van der Waals surface area contributed by atoms with Crippen molar-refractivity contribution in [1.29, 1.82) is 0 Å². The summed E-state index contributed by atoms with van der Waals surface area (Å²) < 4.78 is 1.33. The number of rotatable bonds is 3. The van der Waals surface area contributed by atoms with Crippen LogP contribution >= 0.6 is 22.9 Å².